The van der Waals surface area contributed by atoms with E-state index in [0.717, 1.165) is 4.90 Å². The van der Waals surface area contributed by atoms with Gasteiger partial charge in [-0.25, -0.2) is 0 Å². The molecule has 6 heteroatoms. The average Bonchev–Trinajstić information content (AvgIpc) is 2.28. The maximum Gasteiger partial charge on any atom is 0.251 e. The Hall–Kier alpha value is -1.43. The van der Waals surface area contributed by atoms with Crippen LogP contribution in [0.15, 0.2) is 0 Å². The van der Waals surface area contributed by atoms with Crippen LogP contribution >= 0.6 is 0 Å². The van der Waals surface area contributed by atoms with Crippen molar-refractivity contribution in [3.8, 4) is 0 Å². The third kappa shape index (κ3) is 2.57. The predicted octanol–water partition coefficient (Wildman–Crippen LogP) is -1.01. The smallest absolute Gasteiger partial charge is 0.251 e. The highest BCUT2D eigenvalue weighted by atomic mass is 16.2. The Bertz CT molecular complexity index is 316. The first kappa shape index (κ1) is 12.6. The Labute approximate surface area is 94.2 Å². The summed E-state index contributed by atoms with van der Waals surface area (Å²) in [6, 6.07) is -1.22. The molecular weight excluding hydrogens is 210 g/mol. The van der Waals surface area contributed by atoms with Gasteiger partial charge in [0, 0.05) is 13.5 Å². The van der Waals surface area contributed by atoms with Gasteiger partial charge in [0.05, 0.1) is 6.04 Å². The molecule has 1 aliphatic heterocycles. The minimum atomic E-state index is -0.618. The van der Waals surface area contributed by atoms with Crippen LogP contribution < -0.4 is 11.1 Å². The summed E-state index contributed by atoms with van der Waals surface area (Å²) in [5, 5.41) is 2.56. The highest BCUT2D eigenvalue weighted by Gasteiger charge is 2.33. The summed E-state index contributed by atoms with van der Waals surface area (Å²) < 4.78 is 0. The number of carbonyl (C=O) groups excluding carboxylic acids is 3. The number of hydrogen-bond acceptors (Lipinski definition) is 4. The highest BCUT2D eigenvalue weighted by molar-refractivity contribution is 6.01. The van der Waals surface area contributed by atoms with Crippen LogP contribution in [0, 0.1) is 0 Å². The van der Waals surface area contributed by atoms with Gasteiger partial charge in [-0.3, -0.25) is 19.3 Å². The maximum atomic E-state index is 11.6. The molecule has 0 aromatic rings. The summed E-state index contributed by atoms with van der Waals surface area (Å²) in [6.45, 7) is 1.79. The van der Waals surface area contributed by atoms with Crippen molar-refractivity contribution in [2.45, 2.75) is 38.3 Å². The molecule has 16 heavy (non-hydrogen) atoms. The van der Waals surface area contributed by atoms with E-state index in [1.807, 2.05) is 0 Å². The molecule has 1 aliphatic rings. The number of likely N-dealkylation sites (tertiary alicyclic amines) is 1. The summed E-state index contributed by atoms with van der Waals surface area (Å²) in [4.78, 5) is 35.4. The molecule has 1 heterocycles. The Kier molecular flexibility index (Phi) is 4.00. The van der Waals surface area contributed by atoms with Crippen molar-refractivity contribution in [2.75, 3.05) is 7.05 Å². The number of carbonyl (C=O) groups is 3. The van der Waals surface area contributed by atoms with Gasteiger partial charge in [-0.1, -0.05) is 6.92 Å². The van der Waals surface area contributed by atoms with Gasteiger partial charge in [-0.15, -0.1) is 0 Å². The van der Waals surface area contributed by atoms with Crippen LogP contribution in [0.3, 0.4) is 0 Å². The van der Waals surface area contributed by atoms with Gasteiger partial charge < -0.3 is 11.1 Å². The number of amides is 3. The lowest BCUT2D eigenvalue weighted by molar-refractivity contribution is -0.149. The minimum absolute atomic E-state index is 0.213. The van der Waals surface area contributed by atoms with Gasteiger partial charge in [-0.2, -0.15) is 0 Å². The van der Waals surface area contributed by atoms with Crippen molar-refractivity contribution in [1.29, 1.82) is 0 Å². The quantitative estimate of drug-likeness (QED) is 0.604. The Balaban J connectivity index is 2.59. The van der Waals surface area contributed by atoms with Gasteiger partial charge >= 0.3 is 0 Å². The van der Waals surface area contributed by atoms with Crippen molar-refractivity contribution in [3.63, 3.8) is 0 Å². The van der Waals surface area contributed by atoms with Gasteiger partial charge in [0.2, 0.25) is 11.8 Å². The Morgan fingerprint density at radius 1 is 1.62 bits per heavy atom. The van der Waals surface area contributed by atoms with E-state index in [2.05, 4.69) is 5.32 Å². The summed E-state index contributed by atoms with van der Waals surface area (Å²) in [5.74, 6) is -0.924. The summed E-state index contributed by atoms with van der Waals surface area (Å²) in [6.07, 6.45) is 1.14. The molecule has 2 atom stereocenters. The van der Waals surface area contributed by atoms with Crippen LogP contribution in [0.2, 0.25) is 0 Å². The molecule has 0 saturated carbocycles. The van der Waals surface area contributed by atoms with Crippen molar-refractivity contribution in [1.82, 2.24) is 10.2 Å². The molecule has 90 valence electrons. The molecule has 0 aromatic heterocycles. The lowest BCUT2D eigenvalue weighted by Crippen LogP contribution is -2.55. The third-order valence-electron chi connectivity index (χ3n) is 2.74. The number of nitrogens with one attached hydrogen (secondary N) is 1. The van der Waals surface area contributed by atoms with Crippen LogP contribution in [-0.2, 0) is 14.4 Å². The van der Waals surface area contributed by atoms with E-state index in [0.29, 0.717) is 12.8 Å². The van der Waals surface area contributed by atoms with Crippen LogP contribution in [0.25, 0.3) is 0 Å². The van der Waals surface area contributed by atoms with Crippen LogP contribution in [0.4, 0.5) is 0 Å². The first-order valence-corrected chi connectivity index (χ1v) is 5.33. The molecule has 2 unspecified atom stereocenters. The first-order chi connectivity index (χ1) is 7.47. The molecule has 0 spiro atoms. The number of nitrogens with zero attached hydrogens (tertiary/aromatic N) is 1. The number of piperidine rings is 1. The van der Waals surface area contributed by atoms with Crippen LogP contribution in [0.5, 0.6) is 0 Å². The zero-order chi connectivity index (χ0) is 12.3. The summed E-state index contributed by atoms with van der Waals surface area (Å²) >= 11 is 0. The van der Waals surface area contributed by atoms with Gasteiger partial charge in [-0.05, 0) is 12.8 Å². The molecule has 3 N–H and O–H groups in total. The van der Waals surface area contributed by atoms with Gasteiger partial charge in [0.1, 0.15) is 6.04 Å². The van der Waals surface area contributed by atoms with Crippen molar-refractivity contribution < 1.29 is 14.4 Å². The van der Waals surface area contributed by atoms with Crippen molar-refractivity contribution >= 4 is 17.7 Å². The van der Waals surface area contributed by atoms with E-state index in [1.165, 1.54) is 7.05 Å². The lowest BCUT2D eigenvalue weighted by atomic mass is 10.0. The van der Waals surface area contributed by atoms with E-state index < -0.39 is 12.1 Å². The second-order valence-electron chi connectivity index (χ2n) is 3.91. The van der Waals surface area contributed by atoms with Crippen LogP contribution in [-0.4, -0.2) is 41.8 Å². The number of nitrogens with two attached hydrogens (primary N) is 1. The second-order valence-corrected chi connectivity index (χ2v) is 3.91. The monoisotopic (exact) mass is 227 g/mol. The molecule has 0 aliphatic carbocycles. The van der Waals surface area contributed by atoms with E-state index in [4.69, 9.17) is 5.73 Å². The van der Waals surface area contributed by atoms with Crippen LogP contribution in [0.1, 0.15) is 26.2 Å². The molecule has 1 fully saturated rings. The Morgan fingerprint density at radius 3 is 2.81 bits per heavy atom. The number of imide groups is 1. The molecule has 3 amide bonds. The predicted molar refractivity (Wildman–Crippen MR) is 57.2 cm³/mol. The molecule has 1 rings (SSSR count). The van der Waals surface area contributed by atoms with Crippen molar-refractivity contribution in [3.05, 3.63) is 0 Å². The number of likely N-dealkylation sites (N-methyl/N-ethyl adjacent to an activating group) is 1. The summed E-state index contributed by atoms with van der Waals surface area (Å²) in [7, 11) is 1.42. The van der Waals surface area contributed by atoms with Crippen molar-refractivity contribution in [2.24, 2.45) is 5.73 Å². The van der Waals surface area contributed by atoms with E-state index in [1.54, 1.807) is 6.92 Å². The Morgan fingerprint density at radius 2 is 2.25 bits per heavy atom. The summed E-state index contributed by atoms with van der Waals surface area (Å²) in [5.41, 5.74) is 5.54. The van der Waals surface area contributed by atoms with E-state index in [9.17, 15) is 14.4 Å². The number of hydrogen-bond donors (Lipinski definition) is 2. The fraction of sp³-hybridized carbons (Fsp3) is 0.700. The standard InChI is InChI=1S/C10H17N3O3/c1-3-6(11)9(15)12-7-4-5-8(14)13(2)10(7)16/h6-7H,3-5,11H2,1-2H3,(H,12,15). The fourth-order valence-corrected chi connectivity index (χ4v) is 1.51. The zero-order valence-corrected chi connectivity index (χ0v) is 9.53. The molecular formula is C10H17N3O3. The highest BCUT2D eigenvalue weighted by Crippen LogP contribution is 2.11. The van der Waals surface area contributed by atoms with Gasteiger partial charge in [0.25, 0.3) is 5.91 Å². The molecule has 0 bridgehead atoms. The second kappa shape index (κ2) is 5.07. The fourth-order valence-electron chi connectivity index (χ4n) is 1.51. The van der Waals surface area contributed by atoms with Gasteiger partial charge in [0.15, 0.2) is 0 Å². The molecule has 6 nitrogen and oxygen atoms in total. The van der Waals surface area contributed by atoms with E-state index >= 15 is 0 Å². The lowest BCUT2D eigenvalue weighted by Gasteiger charge is -2.28. The van der Waals surface area contributed by atoms with E-state index in [-0.39, 0.29) is 24.1 Å². The third-order valence-corrected chi connectivity index (χ3v) is 2.74. The largest absolute Gasteiger partial charge is 0.343 e. The average molecular weight is 227 g/mol. The maximum absolute atomic E-state index is 11.6. The molecule has 0 aromatic carbocycles. The minimum Gasteiger partial charge on any atom is -0.343 e. The number of rotatable bonds is 3. The molecule has 1 saturated heterocycles. The first-order valence-electron chi connectivity index (χ1n) is 5.33. The normalized spacial score (nSPS) is 23.2. The SMILES string of the molecule is CCC(N)C(=O)NC1CCC(=O)N(C)C1=O. The topological polar surface area (TPSA) is 92.5 Å². The molecule has 0 radical (unpaired) electrons. The zero-order valence-electron chi connectivity index (χ0n) is 9.53.